The molecule has 8 heteroatoms. The number of rotatable bonds is 4. The number of carboxylic acid groups (broad SMARTS) is 1. The van der Waals surface area contributed by atoms with E-state index in [4.69, 9.17) is 5.11 Å². The Kier molecular flexibility index (Phi) is 5.09. The second kappa shape index (κ2) is 6.97. The van der Waals surface area contributed by atoms with Crippen LogP contribution in [0.15, 0.2) is 6.20 Å². The third-order valence-electron chi connectivity index (χ3n) is 5.46. The zero-order valence-electron chi connectivity index (χ0n) is 14.3. The lowest BCUT2D eigenvalue weighted by molar-refractivity contribution is -0.188. The number of carbonyl (C=O) groups is 1. The minimum absolute atomic E-state index is 0.0709. The van der Waals surface area contributed by atoms with E-state index in [1.54, 1.807) is 9.58 Å². The van der Waals surface area contributed by atoms with Crippen molar-refractivity contribution < 1.29 is 23.1 Å². The summed E-state index contributed by atoms with van der Waals surface area (Å²) in [6, 6.07) is 0. The summed E-state index contributed by atoms with van der Waals surface area (Å²) in [7, 11) is 1.82. The zero-order chi connectivity index (χ0) is 18.2. The molecule has 1 aliphatic carbocycles. The predicted octanol–water partition coefficient (Wildman–Crippen LogP) is 3.16. The fourth-order valence-corrected chi connectivity index (χ4v) is 4.23. The van der Waals surface area contributed by atoms with Crippen LogP contribution in [0.25, 0.3) is 0 Å². The molecule has 140 valence electrons. The highest BCUT2D eigenvalue weighted by Gasteiger charge is 2.52. The summed E-state index contributed by atoms with van der Waals surface area (Å²) in [5.74, 6) is -4.21. The highest BCUT2D eigenvalue weighted by Crippen LogP contribution is 2.39. The quantitative estimate of drug-likeness (QED) is 0.897. The van der Waals surface area contributed by atoms with Gasteiger partial charge in [-0.2, -0.15) is 18.3 Å². The lowest BCUT2D eigenvalue weighted by atomic mass is 9.85. The first-order chi connectivity index (χ1) is 11.8. The third-order valence-corrected chi connectivity index (χ3v) is 5.46. The maximum absolute atomic E-state index is 13.2. The Bertz CT molecular complexity index is 623. The van der Waals surface area contributed by atoms with Crippen LogP contribution < -0.4 is 0 Å². The van der Waals surface area contributed by atoms with Gasteiger partial charge in [-0.3, -0.25) is 14.4 Å². The van der Waals surface area contributed by atoms with E-state index in [0.717, 1.165) is 36.9 Å². The van der Waals surface area contributed by atoms with Gasteiger partial charge in [0.2, 0.25) is 0 Å². The number of likely N-dealkylation sites (tertiary alicyclic amines) is 1. The standard InChI is InChI=1S/C17H24F3N3O2/c1-22-7-12(15(21-22)11-5-3-2-4-6-11)8-23-9-13(16(24)25)14(10-23)17(18,19)20/h7,11,13-14H,2-6,8-10H2,1H3,(H,24,25)/t13-,14-/m1/s1. The number of nitrogens with zero attached hydrogens (tertiary/aromatic N) is 3. The van der Waals surface area contributed by atoms with Gasteiger partial charge in [0.05, 0.1) is 17.5 Å². The number of alkyl halides is 3. The van der Waals surface area contributed by atoms with Crippen molar-refractivity contribution in [2.75, 3.05) is 13.1 Å². The molecule has 2 heterocycles. The molecule has 3 rings (SSSR count). The van der Waals surface area contributed by atoms with Crippen molar-refractivity contribution in [3.63, 3.8) is 0 Å². The van der Waals surface area contributed by atoms with E-state index in [1.807, 2.05) is 13.2 Å². The summed E-state index contributed by atoms with van der Waals surface area (Å²) in [5, 5.41) is 13.7. The van der Waals surface area contributed by atoms with Crippen molar-refractivity contribution >= 4 is 5.97 Å². The molecule has 1 N–H and O–H groups in total. The van der Waals surface area contributed by atoms with E-state index >= 15 is 0 Å². The minimum Gasteiger partial charge on any atom is -0.481 e. The van der Waals surface area contributed by atoms with Crippen LogP contribution in [0.4, 0.5) is 13.2 Å². The summed E-state index contributed by atoms with van der Waals surface area (Å²) in [5.41, 5.74) is 1.91. The molecule has 2 aliphatic rings. The van der Waals surface area contributed by atoms with Crippen LogP contribution in [0.5, 0.6) is 0 Å². The van der Waals surface area contributed by atoms with Gasteiger partial charge in [0, 0.05) is 44.4 Å². The molecule has 1 saturated heterocycles. The van der Waals surface area contributed by atoms with Gasteiger partial charge >= 0.3 is 12.1 Å². The smallest absolute Gasteiger partial charge is 0.393 e. The lowest BCUT2D eigenvalue weighted by Crippen LogP contribution is -2.33. The molecule has 0 amide bonds. The Morgan fingerprint density at radius 3 is 2.52 bits per heavy atom. The summed E-state index contributed by atoms with van der Waals surface area (Å²) < 4.78 is 41.2. The van der Waals surface area contributed by atoms with Crippen LogP contribution in [0.1, 0.15) is 49.3 Å². The molecule has 1 aromatic rings. The van der Waals surface area contributed by atoms with Gasteiger partial charge in [-0.1, -0.05) is 19.3 Å². The highest BCUT2D eigenvalue weighted by molar-refractivity contribution is 5.71. The van der Waals surface area contributed by atoms with Crippen LogP contribution in [0.3, 0.4) is 0 Å². The van der Waals surface area contributed by atoms with Crippen molar-refractivity contribution in [3.05, 3.63) is 17.5 Å². The van der Waals surface area contributed by atoms with Crippen molar-refractivity contribution in [1.29, 1.82) is 0 Å². The molecule has 1 saturated carbocycles. The van der Waals surface area contributed by atoms with E-state index in [1.165, 1.54) is 6.42 Å². The summed E-state index contributed by atoms with van der Waals surface area (Å²) in [6.45, 7) is -0.00594. The molecule has 0 unspecified atom stereocenters. The van der Waals surface area contributed by atoms with E-state index in [2.05, 4.69) is 5.10 Å². The van der Waals surface area contributed by atoms with E-state index < -0.39 is 24.0 Å². The van der Waals surface area contributed by atoms with Gasteiger partial charge in [-0.25, -0.2) is 0 Å². The molecule has 1 aliphatic heterocycles. The first-order valence-corrected chi connectivity index (χ1v) is 8.80. The zero-order valence-corrected chi connectivity index (χ0v) is 14.3. The number of aryl methyl sites for hydroxylation is 1. The molecule has 25 heavy (non-hydrogen) atoms. The van der Waals surface area contributed by atoms with Crippen LogP contribution in [0.2, 0.25) is 0 Å². The molecule has 0 radical (unpaired) electrons. The van der Waals surface area contributed by atoms with E-state index in [9.17, 15) is 18.0 Å². The maximum atomic E-state index is 13.2. The van der Waals surface area contributed by atoms with Gasteiger partial charge in [0.1, 0.15) is 0 Å². The molecule has 1 aromatic heterocycles. The van der Waals surface area contributed by atoms with Crippen molar-refractivity contribution in [2.45, 2.75) is 50.7 Å². The van der Waals surface area contributed by atoms with Crippen molar-refractivity contribution in [3.8, 4) is 0 Å². The maximum Gasteiger partial charge on any atom is 0.393 e. The molecule has 2 atom stereocenters. The average molecular weight is 359 g/mol. The number of hydrogen-bond acceptors (Lipinski definition) is 3. The third kappa shape index (κ3) is 3.99. The topological polar surface area (TPSA) is 58.4 Å². The van der Waals surface area contributed by atoms with Gasteiger partial charge in [-0.15, -0.1) is 0 Å². The van der Waals surface area contributed by atoms with E-state index in [0.29, 0.717) is 12.5 Å². The Labute approximate surface area is 144 Å². The highest BCUT2D eigenvalue weighted by atomic mass is 19.4. The molecular weight excluding hydrogens is 335 g/mol. The molecule has 2 fully saturated rings. The first-order valence-electron chi connectivity index (χ1n) is 8.80. The minimum atomic E-state index is -4.49. The molecule has 0 aromatic carbocycles. The van der Waals surface area contributed by atoms with Gasteiger partial charge in [0.25, 0.3) is 0 Å². The van der Waals surface area contributed by atoms with Crippen molar-refractivity contribution in [2.24, 2.45) is 18.9 Å². The summed E-state index contributed by atoms with van der Waals surface area (Å²) >= 11 is 0. The number of aromatic nitrogens is 2. The second-order valence-corrected chi connectivity index (χ2v) is 7.34. The Hall–Kier alpha value is -1.57. The number of hydrogen-bond donors (Lipinski definition) is 1. The van der Waals surface area contributed by atoms with Crippen LogP contribution in [-0.2, 0) is 18.4 Å². The van der Waals surface area contributed by atoms with E-state index in [-0.39, 0.29) is 13.1 Å². The Morgan fingerprint density at radius 2 is 1.96 bits per heavy atom. The Morgan fingerprint density at radius 1 is 1.28 bits per heavy atom. The number of halogens is 3. The van der Waals surface area contributed by atoms with Crippen LogP contribution in [0, 0.1) is 11.8 Å². The molecule has 0 bridgehead atoms. The number of carboxylic acids is 1. The normalized spacial score (nSPS) is 26.2. The van der Waals surface area contributed by atoms with Crippen LogP contribution in [-0.4, -0.2) is 45.0 Å². The van der Waals surface area contributed by atoms with Gasteiger partial charge < -0.3 is 5.11 Å². The summed E-state index contributed by atoms with van der Waals surface area (Å²) in [4.78, 5) is 12.8. The van der Waals surface area contributed by atoms with Crippen molar-refractivity contribution in [1.82, 2.24) is 14.7 Å². The lowest BCUT2D eigenvalue weighted by Gasteiger charge is -2.22. The fourth-order valence-electron chi connectivity index (χ4n) is 4.23. The van der Waals surface area contributed by atoms with Crippen LogP contribution >= 0.6 is 0 Å². The monoisotopic (exact) mass is 359 g/mol. The molecule has 5 nitrogen and oxygen atoms in total. The van der Waals surface area contributed by atoms with Gasteiger partial charge in [0.15, 0.2) is 0 Å². The second-order valence-electron chi connectivity index (χ2n) is 7.34. The largest absolute Gasteiger partial charge is 0.481 e. The predicted molar refractivity (Wildman–Crippen MR) is 85.0 cm³/mol. The SMILES string of the molecule is Cn1cc(CN2C[C@@H](C(F)(F)F)[C@H](C(=O)O)C2)c(C2CCCCC2)n1. The molecule has 0 spiro atoms. The molecular formula is C17H24F3N3O2. The fraction of sp³-hybridized carbons (Fsp3) is 0.765. The Balaban J connectivity index is 1.75. The summed E-state index contributed by atoms with van der Waals surface area (Å²) in [6.07, 6.45) is 3.03. The first kappa shape index (κ1) is 18.2. The average Bonchev–Trinajstić information content (AvgIpc) is 3.12. The van der Waals surface area contributed by atoms with Gasteiger partial charge in [-0.05, 0) is 12.8 Å². The number of aliphatic carboxylic acids is 1.